The molecule has 210 valence electrons. The molecule has 10 heteroatoms. The van der Waals surface area contributed by atoms with Crippen LogP contribution < -0.4 is 17.0 Å². The van der Waals surface area contributed by atoms with E-state index in [1.165, 1.54) is 24.3 Å². The fraction of sp³-hybridized carbons (Fsp3) is 0.258. The Hall–Kier alpha value is -4.21. The summed E-state index contributed by atoms with van der Waals surface area (Å²) >= 11 is 6.88. The molecule has 0 bridgehead atoms. The first-order valence-electron chi connectivity index (χ1n) is 13.3. The van der Waals surface area contributed by atoms with Gasteiger partial charge in [-0.15, -0.1) is 0 Å². The number of aromatic nitrogens is 3. The van der Waals surface area contributed by atoms with Crippen molar-refractivity contribution in [3.05, 3.63) is 96.5 Å². The summed E-state index contributed by atoms with van der Waals surface area (Å²) in [6, 6.07) is 10.8. The quantitative estimate of drug-likeness (QED) is 0.243. The van der Waals surface area contributed by atoms with Crippen LogP contribution in [0.4, 0.5) is 4.39 Å². The largest absolute Gasteiger partial charge is 0.390 e. The van der Waals surface area contributed by atoms with E-state index in [0.717, 1.165) is 27.6 Å². The first-order valence-corrected chi connectivity index (χ1v) is 13.7. The van der Waals surface area contributed by atoms with E-state index in [0.29, 0.717) is 45.8 Å². The number of aryl methyl sites for hydroxylation is 1. The number of aliphatic hydroxyl groups is 1. The Balaban J connectivity index is 1.63. The minimum absolute atomic E-state index is 0.0143. The van der Waals surface area contributed by atoms with Gasteiger partial charge in [0.15, 0.2) is 0 Å². The number of hydrogen-bond acceptors (Lipinski definition) is 4. The molecule has 41 heavy (non-hydrogen) atoms. The Morgan fingerprint density at radius 1 is 1.15 bits per heavy atom. The summed E-state index contributed by atoms with van der Waals surface area (Å²) in [7, 11) is 0. The van der Waals surface area contributed by atoms with Crippen LogP contribution in [0.25, 0.3) is 38.6 Å². The van der Waals surface area contributed by atoms with Crippen molar-refractivity contribution in [2.75, 3.05) is 0 Å². The first kappa shape index (κ1) is 27.0. The number of carbonyl (C=O) groups excluding carboxylic acids is 1. The minimum Gasteiger partial charge on any atom is -0.390 e. The zero-order valence-corrected chi connectivity index (χ0v) is 23.4. The molecule has 1 aliphatic rings. The second-order valence-corrected chi connectivity index (χ2v) is 11.7. The maximum absolute atomic E-state index is 14.3. The average molecular weight is 575 g/mol. The summed E-state index contributed by atoms with van der Waals surface area (Å²) < 4.78 is 15.3. The first-order chi connectivity index (χ1) is 19.4. The third kappa shape index (κ3) is 4.19. The van der Waals surface area contributed by atoms with Crippen molar-refractivity contribution < 1.29 is 14.3 Å². The van der Waals surface area contributed by atoms with Gasteiger partial charge >= 0.3 is 5.69 Å². The van der Waals surface area contributed by atoms with Gasteiger partial charge in [-0.2, -0.15) is 0 Å². The van der Waals surface area contributed by atoms with E-state index in [9.17, 15) is 23.9 Å². The maximum atomic E-state index is 14.3. The number of rotatable bonds is 4. The number of aromatic amines is 2. The highest BCUT2D eigenvalue weighted by Crippen LogP contribution is 2.45. The van der Waals surface area contributed by atoms with Crippen LogP contribution in [0, 0.1) is 18.7 Å². The Morgan fingerprint density at radius 2 is 1.88 bits per heavy atom. The lowest BCUT2D eigenvalue weighted by atomic mass is 9.77. The number of carbonyl (C=O) groups is 1. The smallest absolute Gasteiger partial charge is 0.333 e. The molecule has 8 nitrogen and oxygen atoms in total. The Morgan fingerprint density at radius 3 is 2.59 bits per heavy atom. The SMILES string of the molecule is Cc1c(-c2c(Cl)cc(C(N)=O)c3[nH]c4c(c23)CCC(C(C)(C)O)C4)cccc1-n1c(=O)[nH]c2c(F)cccc2c1=O. The lowest BCUT2D eigenvalue weighted by Gasteiger charge is -2.32. The standard InChI is InChI=1S/C31H28ClFN4O4/c1-14-16(6-5-9-23(14)37-29(39)18-7-4-8-21(33)26(18)36-30(37)40)24-20(32)13-19(28(34)38)27-25(24)17-11-10-15(31(2,3)41)12-22(17)35-27/h4-9,13,15,35,41H,10-12H2,1-3H3,(H2,34,38)(H,36,40). The van der Waals surface area contributed by atoms with E-state index in [1.807, 2.05) is 6.07 Å². The summed E-state index contributed by atoms with van der Waals surface area (Å²) in [6.45, 7) is 5.37. The predicted molar refractivity (Wildman–Crippen MR) is 157 cm³/mol. The molecule has 1 unspecified atom stereocenters. The van der Waals surface area contributed by atoms with Crippen molar-refractivity contribution in [2.24, 2.45) is 11.7 Å². The molecule has 2 heterocycles. The summed E-state index contributed by atoms with van der Waals surface area (Å²) in [4.78, 5) is 44.9. The second kappa shape index (κ2) is 9.43. The summed E-state index contributed by atoms with van der Waals surface area (Å²) in [5, 5.41) is 11.8. The van der Waals surface area contributed by atoms with Gasteiger partial charge in [0.2, 0.25) is 0 Å². The fourth-order valence-electron chi connectivity index (χ4n) is 6.20. The fourth-order valence-corrected chi connectivity index (χ4v) is 6.50. The van der Waals surface area contributed by atoms with Crippen LogP contribution in [-0.2, 0) is 12.8 Å². The van der Waals surface area contributed by atoms with Crippen molar-refractivity contribution in [2.45, 2.75) is 45.6 Å². The zero-order valence-electron chi connectivity index (χ0n) is 22.7. The highest BCUT2D eigenvalue weighted by atomic mass is 35.5. The van der Waals surface area contributed by atoms with Crippen LogP contribution in [0.5, 0.6) is 0 Å². The Labute approximate surface area is 238 Å². The third-order valence-corrected chi connectivity index (χ3v) is 8.67. The van der Waals surface area contributed by atoms with Crippen molar-refractivity contribution >= 4 is 39.3 Å². The molecule has 0 spiro atoms. The summed E-state index contributed by atoms with van der Waals surface area (Å²) in [5.74, 6) is -1.31. The molecular weight excluding hydrogens is 547 g/mol. The van der Waals surface area contributed by atoms with E-state index < -0.39 is 28.6 Å². The van der Waals surface area contributed by atoms with E-state index in [-0.39, 0.29) is 22.4 Å². The number of primary amides is 1. The van der Waals surface area contributed by atoms with Gasteiger partial charge in [-0.25, -0.2) is 13.8 Å². The monoisotopic (exact) mass is 574 g/mol. The number of halogens is 2. The number of nitrogens with two attached hydrogens (primary N) is 1. The Bertz CT molecular complexity index is 2030. The van der Waals surface area contributed by atoms with E-state index in [2.05, 4.69) is 9.97 Å². The molecule has 1 amide bonds. The third-order valence-electron chi connectivity index (χ3n) is 8.38. The molecule has 5 aromatic rings. The van der Waals surface area contributed by atoms with Gasteiger partial charge in [0.25, 0.3) is 11.5 Å². The van der Waals surface area contributed by atoms with Crippen LogP contribution in [0.2, 0.25) is 5.02 Å². The number of para-hydroxylation sites is 1. The van der Waals surface area contributed by atoms with Crippen LogP contribution >= 0.6 is 11.6 Å². The molecular formula is C31H28ClFN4O4. The molecule has 1 atom stereocenters. The molecule has 0 saturated carbocycles. The van der Waals surface area contributed by atoms with Crippen LogP contribution in [0.3, 0.4) is 0 Å². The maximum Gasteiger partial charge on any atom is 0.333 e. The summed E-state index contributed by atoms with van der Waals surface area (Å²) in [5.41, 5.74) is 8.20. The minimum atomic E-state index is -0.879. The molecule has 3 aromatic carbocycles. The predicted octanol–water partition coefficient (Wildman–Crippen LogP) is 4.90. The number of hydrogen-bond donors (Lipinski definition) is 4. The van der Waals surface area contributed by atoms with Crippen molar-refractivity contribution in [3.63, 3.8) is 0 Å². The van der Waals surface area contributed by atoms with Gasteiger partial charge in [-0.05, 0) is 86.9 Å². The van der Waals surface area contributed by atoms with Gasteiger partial charge < -0.3 is 20.8 Å². The molecule has 6 rings (SSSR count). The highest BCUT2D eigenvalue weighted by Gasteiger charge is 2.34. The van der Waals surface area contributed by atoms with E-state index in [4.69, 9.17) is 17.3 Å². The zero-order chi connectivity index (χ0) is 29.4. The van der Waals surface area contributed by atoms with Crippen molar-refractivity contribution in [1.82, 2.24) is 14.5 Å². The summed E-state index contributed by atoms with van der Waals surface area (Å²) in [6.07, 6.45) is 1.96. The second-order valence-electron chi connectivity index (χ2n) is 11.3. The number of nitrogens with zero attached hydrogens (tertiary/aromatic N) is 1. The Kier molecular flexibility index (Phi) is 6.20. The van der Waals surface area contributed by atoms with Gasteiger partial charge in [0.1, 0.15) is 5.82 Å². The molecule has 5 N–H and O–H groups in total. The number of fused-ring (bicyclic) bond motifs is 4. The van der Waals surface area contributed by atoms with Crippen molar-refractivity contribution in [3.8, 4) is 16.8 Å². The van der Waals surface area contributed by atoms with Gasteiger partial charge in [0, 0.05) is 21.7 Å². The van der Waals surface area contributed by atoms with Crippen molar-refractivity contribution in [1.29, 1.82) is 0 Å². The lowest BCUT2D eigenvalue weighted by molar-refractivity contribution is 0.0107. The van der Waals surface area contributed by atoms with Crippen LogP contribution in [0.1, 0.15) is 47.4 Å². The molecule has 0 fully saturated rings. The van der Waals surface area contributed by atoms with Crippen LogP contribution in [0.15, 0.2) is 52.1 Å². The molecule has 0 saturated heterocycles. The van der Waals surface area contributed by atoms with Gasteiger partial charge in [-0.1, -0.05) is 29.8 Å². The average Bonchev–Trinajstić information content (AvgIpc) is 3.28. The molecule has 0 aliphatic heterocycles. The van der Waals surface area contributed by atoms with E-state index in [1.54, 1.807) is 32.9 Å². The molecule has 2 aromatic heterocycles. The van der Waals surface area contributed by atoms with Gasteiger partial charge in [-0.3, -0.25) is 9.59 Å². The highest BCUT2D eigenvalue weighted by molar-refractivity contribution is 6.36. The van der Waals surface area contributed by atoms with Crippen LogP contribution in [-0.4, -0.2) is 31.1 Å². The number of amides is 1. The normalized spacial score (nSPS) is 15.4. The topological polar surface area (TPSA) is 134 Å². The molecule has 0 radical (unpaired) electrons. The number of nitrogens with one attached hydrogen (secondary N) is 2. The van der Waals surface area contributed by atoms with E-state index >= 15 is 0 Å². The lowest BCUT2D eigenvalue weighted by Crippen LogP contribution is -2.35. The number of benzene rings is 3. The van der Waals surface area contributed by atoms with Gasteiger partial charge in [0.05, 0.1) is 33.3 Å². The molecule has 1 aliphatic carbocycles. The number of H-pyrrole nitrogens is 2.